The molecule has 0 fully saturated rings. The molecule has 0 bridgehead atoms. The molecule has 0 radical (unpaired) electrons. The summed E-state index contributed by atoms with van der Waals surface area (Å²) in [5.41, 5.74) is 0. The molecular formula is C10H11F2NO4S. The zero-order valence-electron chi connectivity index (χ0n) is 9.35. The Balaban J connectivity index is 3.19. The van der Waals surface area contributed by atoms with Crippen LogP contribution in [0, 0.1) is 11.6 Å². The van der Waals surface area contributed by atoms with E-state index in [0.29, 0.717) is 0 Å². The third-order valence-corrected chi connectivity index (χ3v) is 3.71. The summed E-state index contributed by atoms with van der Waals surface area (Å²) in [6.07, 6.45) is -0.0510. The van der Waals surface area contributed by atoms with E-state index in [4.69, 9.17) is 5.11 Å². The minimum Gasteiger partial charge on any atom is -0.480 e. The average Bonchev–Trinajstić information content (AvgIpc) is 2.25. The number of halogens is 2. The molecule has 1 aromatic carbocycles. The van der Waals surface area contributed by atoms with Crippen LogP contribution in [0.3, 0.4) is 0 Å². The summed E-state index contributed by atoms with van der Waals surface area (Å²) in [5.74, 6) is -3.97. The van der Waals surface area contributed by atoms with E-state index < -0.39 is 38.6 Å². The summed E-state index contributed by atoms with van der Waals surface area (Å²) in [4.78, 5) is 9.52. The molecule has 2 N–H and O–H groups in total. The summed E-state index contributed by atoms with van der Waals surface area (Å²) in [7, 11) is -4.56. The highest BCUT2D eigenvalue weighted by atomic mass is 32.2. The molecule has 0 spiro atoms. The topological polar surface area (TPSA) is 83.5 Å². The van der Waals surface area contributed by atoms with Gasteiger partial charge in [0.2, 0.25) is 10.0 Å². The Kier molecular flexibility index (Phi) is 4.36. The van der Waals surface area contributed by atoms with Crippen molar-refractivity contribution in [3.8, 4) is 0 Å². The zero-order valence-corrected chi connectivity index (χ0v) is 10.2. The van der Waals surface area contributed by atoms with Gasteiger partial charge in [0.05, 0.1) is 0 Å². The minimum atomic E-state index is -4.56. The van der Waals surface area contributed by atoms with Crippen LogP contribution in [0.15, 0.2) is 23.1 Å². The number of carboxylic acid groups (broad SMARTS) is 1. The largest absolute Gasteiger partial charge is 0.480 e. The fourth-order valence-corrected chi connectivity index (χ4v) is 2.70. The lowest BCUT2D eigenvalue weighted by atomic mass is 10.2. The van der Waals surface area contributed by atoms with Crippen LogP contribution in [0.2, 0.25) is 0 Å². The molecule has 1 atom stereocenters. The second-order valence-electron chi connectivity index (χ2n) is 3.47. The van der Waals surface area contributed by atoms with Crippen LogP contribution >= 0.6 is 0 Å². The molecule has 0 amide bonds. The zero-order chi connectivity index (χ0) is 13.9. The standard InChI is InChI=1S/C10H11F2NO4S/c1-2-8(10(14)15)13-18(16,17)9-6(11)4-3-5-7(9)12/h3-5,8,13H,2H2,1H3,(H,14,15). The Morgan fingerprint density at radius 2 is 1.89 bits per heavy atom. The molecule has 0 saturated carbocycles. The lowest BCUT2D eigenvalue weighted by Gasteiger charge is -2.13. The number of hydrogen-bond acceptors (Lipinski definition) is 3. The Bertz CT molecular complexity index is 539. The van der Waals surface area contributed by atoms with E-state index in [0.717, 1.165) is 18.2 Å². The van der Waals surface area contributed by atoms with Gasteiger partial charge < -0.3 is 5.11 Å². The molecular weight excluding hydrogens is 268 g/mol. The maximum Gasteiger partial charge on any atom is 0.321 e. The van der Waals surface area contributed by atoms with E-state index in [1.165, 1.54) is 6.92 Å². The maximum absolute atomic E-state index is 13.3. The molecule has 0 aliphatic rings. The summed E-state index contributed by atoms with van der Waals surface area (Å²) in [5, 5.41) is 8.71. The quantitative estimate of drug-likeness (QED) is 0.845. The van der Waals surface area contributed by atoms with E-state index >= 15 is 0 Å². The molecule has 0 saturated heterocycles. The van der Waals surface area contributed by atoms with Crippen molar-refractivity contribution in [3.63, 3.8) is 0 Å². The van der Waals surface area contributed by atoms with Crippen LogP contribution in [0.5, 0.6) is 0 Å². The van der Waals surface area contributed by atoms with E-state index in [1.807, 2.05) is 0 Å². The number of carboxylic acids is 1. The van der Waals surface area contributed by atoms with Crippen LogP contribution in [0.25, 0.3) is 0 Å². The highest BCUT2D eigenvalue weighted by molar-refractivity contribution is 7.89. The van der Waals surface area contributed by atoms with Gasteiger partial charge in [0.1, 0.15) is 17.7 Å². The smallest absolute Gasteiger partial charge is 0.321 e. The second-order valence-corrected chi connectivity index (χ2v) is 5.12. The van der Waals surface area contributed by atoms with Gasteiger partial charge in [-0.2, -0.15) is 4.72 Å². The van der Waals surface area contributed by atoms with Crippen LogP contribution in [-0.4, -0.2) is 25.5 Å². The van der Waals surface area contributed by atoms with Crippen LogP contribution in [-0.2, 0) is 14.8 Å². The number of hydrogen-bond donors (Lipinski definition) is 2. The van der Waals surface area contributed by atoms with Crippen molar-refractivity contribution >= 4 is 16.0 Å². The van der Waals surface area contributed by atoms with Crippen LogP contribution in [0.4, 0.5) is 8.78 Å². The molecule has 0 aliphatic heterocycles. The monoisotopic (exact) mass is 279 g/mol. The van der Waals surface area contributed by atoms with Gasteiger partial charge in [-0.15, -0.1) is 0 Å². The predicted octanol–water partition coefficient (Wildman–Crippen LogP) is 1.11. The van der Waals surface area contributed by atoms with Gasteiger partial charge in [0, 0.05) is 0 Å². The van der Waals surface area contributed by atoms with Gasteiger partial charge in [-0.05, 0) is 18.6 Å². The van der Waals surface area contributed by atoms with Gasteiger partial charge in [-0.25, -0.2) is 17.2 Å². The number of aliphatic carboxylic acids is 1. The Hall–Kier alpha value is -1.54. The maximum atomic E-state index is 13.3. The number of nitrogens with one attached hydrogen (secondary N) is 1. The third kappa shape index (κ3) is 3.02. The van der Waals surface area contributed by atoms with E-state index in [1.54, 1.807) is 4.72 Å². The fourth-order valence-electron chi connectivity index (χ4n) is 1.29. The van der Waals surface area contributed by atoms with Crippen molar-refractivity contribution < 1.29 is 27.1 Å². The first-order valence-corrected chi connectivity index (χ1v) is 6.47. The lowest BCUT2D eigenvalue weighted by molar-refractivity contribution is -0.139. The molecule has 100 valence electrons. The van der Waals surface area contributed by atoms with E-state index in [9.17, 15) is 22.0 Å². The first-order valence-electron chi connectivity index (χ1n) is 4.98. The summed E-state index contributed by atoms with van der Waals surface area (Å²) in [6, 6.07) is 1.13. The van der Waals surface area contributed by atoms with Crippen molar-refractivity contribution in [2.45, 2.75) is 24.3 Å². The second kappa shape index (κ2) is 5.40. The first-order chi connectivity index (χ1) is 8.29. The number of rotatable bonds is 5. The van der Waals surface area contributed by atoms with E-state index in [-0.39, 0.29) is 6.42 Å². The molecule has 5 nitrogen and oxygen atoms in total. The van der Waals surface area contributed by atoms with Gasteiger partial charge in [0.25, 0.3) is 0 Å². The Labute approximate surface area is 102 Å². The van der Waals surface area contributed by atoms with Crippen LogP contribution < -0.4 is 4.72 Å². The molecule has 1 unspecified atom stereocenters. The molecule has 1 aromatic rings. The molecule has 8 heteroatoms. The Morgan fingerprint density at radius 3 is 2.28 bits per heavy atom. The normalized spacial score (nSPS) is 13.3. The van der Waals surface area contributed by atoms with Crippen molar-refractivity contribution in [1.29, 1.82) is 0 Å². The summed E-state index contributed by atoms with van der Waals surface area (Å²) in [6.45, 7) is 1.43. The average molecular weight is 279 g/mol. The lowest BCUT2D eigenvalue weighted by Crippen LogP contribution is -2.40. The van der Waals surface area contributed by atoms with Gasteiger partial charge in [0.15, 0.2) is 4.90 Å². The number of benzene rings is 1. The highest BCUT2D eigenvalue weighted by Crippen LogP contribution is 2.18. The molecule has 0 aromatic heterocycles. The highest BCUT2D eigenvalue weighted by Gasteiger charge is 2.28. The van der Waals surface area contributed by atoms with Gasteiger partial charge in [-0.1, -0.05) is 13.0 Å². The van der Waals surface area contributed by atoms with Crippen molar-refractivity contribution in [2.24, 2.45) is 0 Å². The van der Waals surface area contributed by atoms with Crippen molar-refractivity contribution in [3.05, 3.63) is 29.8 Å². The molecule has 18 heavy (non-hydrogen) atoms. The number of sulfonamides is 1. The van der Waals surface area contributed by atoms with Crippen LogP contribution in [0.1, 0.15) is 13.3 Å². The van der Waals surface area contributed by atoms with Gasteiger partial charge >= 0.3 is 5.97 Å². The minimum absolute atomic E-state index is 0.0510. The summed E-state index contributed by atoms with van der Waals surface area (Å²) < 4.78 is 51.7. The molecule has 0 heterocycles. The van der Waals surface area contributed by atoms with Crippen molar-refractivity contribution in [2.75, 3.05) is 0 Å². The van der Waals surface area contributed by atoms with Crippen molar-refractivity contribution in [1.82, 2.24) is 4.72 Å². The third-order valence-electron chi connectivity index (χ3n) is 2.19. The fraction of sp³-hybridized carbons (Fsp3) is 0.300. The summed E-state index contributed by atoms with van der Waals surface area (Å²) >= 11 is 0. The SMILES string of the molecule is CCC(NS(=O)(=O)c1c(F)cccc1F)C(=O)O. The van der Waals surface area contributed by atoms with E-state index in [2.05, 4.69) is 0 Å². The predicted molar refractivity (Wildman–Crippen MR) is 58.4 cm³/mol. The Morgan fingerprint density at radius 1 is 1.39 bits per heavy atom. The van der Waals surface area contributed by atoms with Gasteiger partial charge in [-0.3, -0.25) is 4.79 Å². The first kappa shape index (κ1) is 14.5. The molecule has 1 rings (SSSR count). The molecule has 0 aliphatic carbocycles. The number of carbonyl (C=O) groups is 1.